The minimum Gasteiger partial charge on any atom is -0.265 e. The predicted molar refractivity (Wildman–Crippen MR) is 76.0 cm³/mol. The molecule has 0 radical (unpaired) electrons. The van der Waals surface area contributed by atoms with Crippen LogP contribution in [0.4, 0.5) is 0 Å². The number of benzene rings is 1. The standard InChI is InChI=1S/C9H8ClN3O2S3/c1-16-9-8-11-6-3-2-5(18(10,14)15)4-7(6)13(8)12-17-9/h2-4,9,12H,1H3. The maximum absolute atomic E-state index is 11.3. The molecule has 1 aliphatic heterocycles. The second-order valence-corrected chi connectivity index (χ2v) is 8.37. The van der Waals surface area contributed by atoms with Crippen LogP contribution in [-0.2, 0) is 9.05 Å². The minimum atomic E-state index is -3.72. The van der Waals surface area contributed by atoms with Crippen molar-refractivity contribution in [1.29, 1.82) is 0 Å². The van der Waals surface area contributed by atoms with E-state index in [0.29, 0.717) is 0 Å². The molecular weight excluding hydrogens is 314 g/mol. The fourth-order valence-corrected chi connectivity index (χ4v) is 4.10. The number of thioether (sulfide) groups is 1. The first-order valence-electron chi connectivity index (χ1n) is 4.92. The second-order valence-electron chi connectivity index (χ2n) is 3.67. The summed E-state index contributed by atoms with van der Waals surface area (Å²) >= 11 is 3.21. The Bertz CT molecular complexity index is 728. The highest BCUT2D eigenvalue weighted by molar-refractivity contribution is 8.16. The van der Waals surface area contributed by atoms with Gasteiger partial charge in [0.2, 0.25) is 0 Å². The van der Waals surface area contributed by atoms with Crippen molar-refractivity contribution in [2.45, 2.75) is 9.48 Å². The Morgan fingerprint density at radius 1 is 1.56 bits per heavy atom. The first-order chi connectivity index (χ1) is 8.50. The molecule has 5 nitrogen and oxygen atoms in total. The topological polar surface area (TPSA) is 64.0 Å². The molecule has 9 heteroatoms. The van der Waals surface area contributed by atoms with Crippen LogP contribution in [0.15, 0.2) is 23.1 Å². The summed E-state index contributed by atoms with van der Waals surface area (Å²) < 4.78 is 24.7. The van der Waals surface area contributed by atoms with Crippen molar-refractivity contribution >= 4 is 54.5 Å². The summed E-state index contributed by atoms with van der Waals surface area (Å²) in [5.41, 5.74) is 1.47. The van der Waals surface area contributed by atoms with Crippen molar-refractivity contribution in [3.05, 3.63) is 24.0 Å². The van der Waals surface area contributed by atoms with Gasteiger partial charge in [-0.1, -0.05) is 0 Å². The number of imidazole rings is 1. The lowest BCUT2D eigenvalue weighted by molar-refractivity contribution is 0.609. The van der Waals surface area contributed by atoms with E-state index in [-0.39, 0.29) is 9.48 Å². The van der Waals surface area contributed by atoms with Gasteiger partial charge >= 0.3 is 0 Å². The largest absolute Gasteiger partial charge is 0.265 e. The molecule has 96 valence electrons. The first-order valence-corrected chi connectivity index (χ1v) is 9.40. The lowest BCUT2D eigenvalue weighted by Crippen LogP contribution is -2.01. The van der Waals surface area contributed by atoms with E-state index in [1.54, 1.807) is 22.5 Å². The Morgan fingerprint density at radius 2 is 2.33 bits per heavy atom. The van der Waals surface area contributed by atoms with Gasteiger partial charge in [0.25, 0.3) is 9.05 Å². The maximum atomic E-state index is 11.3. The SMILES string of the molecule is CSC1SNn2c1nc1ccc(S(=O)(=O)Cl)cc12. The van der Waals surface area contributed by atoms with Gasteiger partial charge in [-0.2, -0.15) is 0 Å². The fourth-order valence-electron chi connectivity index (χ4n) is 1.79. The molecule has 1 aromatic heterocycles. The van der Waals surface area contributed by atoms with Crippen LogP contribution < -0.4 is 4.83 Å². The molecule has 1 N–H and O–H groups in total. The van der Waals surface area contributed by atoms with Crippen LogP contribution >= 0.6 is 34.4 Å². The van der Waals surface area contributed by atoms with Gasteiger partial charge in [-0.25, -0.2) is 18.1 Å². The molecule has 0 aliphatic carbocycles. The van der Waals surface area contributed by atoms with E-state index in [1.807, 2.05) is 6.26 Å². The molecule has 18 heavy (non-hydrogen) atoms. The van der Waals surface area contributed by atoms with E-state index in [2.05, 4.69) is 9.82 Å². The van der Waals surface area contributed by atoms with Crippen LogP contribution in [0.1, 0.15) is 10.4 Å². The zero-order valence-corrected chi connectivity index (χ0v) is 12.3. The lowest BCUT2D eigenvalue weighted by atomic mass is 10.3. The van der Waals surface area contributed by atoms with Gasteiger partial charge in [-0.3, -0.25) is 4.83 Å². The molecule has 1 aromatic carbocycles. The Labute approximate surface area is 117 Å². The van der Waals surface area contributed by atoms with Crippen LogP contribution in [0.3, 0.4) is 0 Å². The maximum Gasteiger partial charge on any atom is 0.261 e. The third-order valence-electron chi connectivity index (χ3n) is 2.61. The summed E-state index contributed by atoms with van der Waals surface area (Å²) in [7, 11) is 1.63. The third kappa shape index (κ3) is 1.87. The predicted octanol–water partition coefficient (Wildman–Crippen LogP) is 2.53. The molecule has 3 rings (SSSR count). The minimum absolute atomic E-state index is 0.0822. The van der Waals surface area contributed by atoms with Crippen LogP contribution in [-0.4, -0.2) is 24.3 Å². The van der Waals surface area contributed by atoms with E-state index in [0.717, 1.165) is 16.9 Å². The Kier molecular flexibility index (Phi) is 2.92. The number of aromatic nitrogens is 2. The number of fused-ring (bicyclic) bond motifs is 3. The summed E-state index contributed by atoms with van der Waals surface area (Å²) in [5.74, 6) is 0.881. The molecule has 1 aliphatic rings. The third-order valence-corrected chi connectivity index (χ3v) is 6.18. The first kappa shape index (κ1) is 12.5. The van der Waals surface area contributed by atoms with Gasteiger partial charge in [0.1, 0.15) is 4.58 Å². The van der Waals surface area contributed by atoms with E-state index in [9.17, 15) is 8.42 Å². The fraction of sp³-hybridized carbons (Fsp3) is 0.222. The average molecular weight is 322 g/mol. The molecule has 2 aromatic rings. The van der Waals surface area contributed by atoms with Gasteiger partial charge in [0.05, 0.1) is 15.9 Å². The molecule has 1 atom stereocenters. The molecule has 1 unspecified atom stereocenters. The lowest BCUT2D eigenvalue weighted by Gasteiger charge is -2.01. The van der Waals surface area contributed by atoms with Crippen molar-refractivity contribution in [2.75, 3.05) is 11.1 Å². The van der Waals surface area contributed by atoms with E-state index >= 15 is 0 Å². The highest BCUT2D eigenvalue weighted by Crippen LogP contribution is 2.42. The summed E-state index contributed by atoms with van der Waals surface area (Å²) in [6.07, 6.45) is 2.00. The van der Waals surface area contributed by atoms with Crippen LogP contribution in [0, 0.1) is 0 Å². The number of halogens is 1. The van der Waals surface area contributed by atoms with Crippen molar-refractivity contribution < 1.29 is 8.42 Å². The van der Waals surface area contributed by atoms with Crippen molar-refractivity contribution in [3.8, 4) is 0 Å². The van der Waals surface area contributed by atoms with Gasteiger partial charge < -0.3 is 0 Å². The highest BCUT2D eigenvalue weighted by atomic mass is 35.7. The number of nitrogens with one attached hydrogen (secondary N) is 1. The molecule has 0 saturated heterocycles. The van der Waals surface area contributed by atoms with Crippen LogP contribution in [0.5, 0.6) is 0 Å². The molecular formula is C9H8ClN3O2S3. The number of nitrogens with zero attached hydrogens (tertiary/aromatic N) is 2. The van der Waals surface area contributed by atoms with Gasteiger partial charge in [0.15, 0.2) is 5.82 Å². The summed E-state index contributed by atoms with van der Waals surface area (Å²) in [6.45, 7) is 0. The van der Waals surface area contributed by atoms with Crippen LogP contribution in [0.25, 0.3) is 11.0 Å². The Hall–Kier alpha value is -0.570. The normalized spacial score (nSPS) is 18.9. The molecule has 0 fully saturated rings. The van der Waals surface area contributed by atoms with E-state index in [1.165, 1.54) is 24.1 Å². The smallest absolute Gasteiger partial charge is 0.261 e. The molecule has 0 spiro atoms. The molecule has 2 heterocycles. The van der Waals surface area contributed by atoms with Crippen LogP contribution in [0.2, 0.25) is 0 Å². The monoisotopic (exact) mass is 321 g/mol. The summed E-state index contributed by atoms with van der Waals surface area (Å²) in [4.78, 5) is 7.69. The molecule has 0 bridgehead atoms. The van der Waals surface area contributed by atoms with Gasteiger partial charge in [-0.05, 0) is 36.4 Å². The van der Waals surface area contributed by atoms with E-state index in [4.69, 9.17) is 10.7 Å². The summed E-state index contributed by atoms with van der Waals surface area (Å²) in [6, 6.07) is 4.67. The Morgan fingerprint density at radius 3 is 3.00 bits per heavy atom. The second kappa shape index (κ2) is 4.22. The van der Waals surface area contributed by atoms with Gasteiger partial charge in [-0.15, -0.1) is 11.8 Å². The number of hydrogen-bond acceptors (Lipinski definition) is 6. The van der Waals surface area contributed by atoms with Crippen molar-refractivity contribution in [2.24, 2.45) is 0 Å². The Balaban J connectivity index is 2.24. The summed E-state index contributed by atoms with van der Waals surface area (Å²) in [5, 5.41) is 0. The number of hydrogen-bond donors (Lipinski definition) is 1. The van der Waals surface area contributed by atoms with E-state index < -0.39 is 9.05 Å². The zero-order valence-electron chi connectivity index (χ0n) is 9.12. The van der Waals surface area contributed by atoms with Gasteiger partial charge in [0, 0.05) is 10.7 Å². The highest BCUT2D eigenvalue weighted by Gasteiger charge is 2.27. The quantitative estimate of drug-likeness (QED) is 0.677. The van der Waals surface area contributed by atoms with Crippen molar-refractivity contribution in [1.82, 2.24) is 9.66 Å². The zero-order chi connectivity index (χ0) is 12.9. The average Bonchev–Trinajstić information content (AvgIpc) is 2.84. The molecule has 0 saturated carbocycles. The molecule has 0 amide bonds. The van der Waals surface area contributed by atoms with Crippen molar-refractivity contribution in [3.63, 3.8) is 0 Å². The number of rotatable bonds is 2.